The Hall–Kier alpha value is 0.230. The molecule has 0 radical (unpaired) electrons. The van der Waals surface area contributed by atoms with Crippen molar-refractivity contribution in [1.29, 1.82) is 0 Å². The van der Waals surface area contributed by atoms with Crippen molar-refractivity contribution in [3.8, 4) is 0 Å². The average molecular weight is 258 g/mol. The second-order valence-corrected chi connectivity index (χ2v) is 6.16. The minimum atomic E-state index is 0.527. The lowest BCUT2D eigenvalue weighted by Crippen LogP contribution is -2.42. The Morgan fingerprint density at radius 1 is 1.35 bits per heavy atom. The van der Waals surface area contributed by atoms with Crippen molar-refractivity contribution < 1.29 is 4.74 Å². The van der Waals surface area contributed by atoms with E-state index in [4.69, 9.17) is 4.74 Å². The van der Waals surface area contributed by atoms with Crippen LogP contribution in [0, 0.1) is 0 Å². The van der Waals surface area contributed by atoms with Crippen molar-refractivity contribution in [2.24, 2.45) is 0 Å². The maximum Gasteiger partial charge on any atom is 0.0599 e. The zero-order valence-electron chi connectivity index (χ0n) is 11.0. The Morgan fingerprint density at radius 2 is 2.18 bits per heavy atom. The van der Waals surface area contributed by atoms with Crippen LogP contribution in [0.3, 0.4) is 0 Å². The number of ether oxygens (including phenoxy) is 1. The summed E-state index contributed by atoms with van der Waals surface area (Å²) in [6.07, 6.45) is 4.29. The molecular formula is C13H26N2OS. The Kier molecular flexibility index (Phi) is 6.12. The molecule has 0 aliphatic carbocycles. The first-order chi connectivity index (χ1) is 8.38. The minimum Gasteiger partial charge on any atom is -0.378 e. The van der Waals surface area contributed by atoms with E-state index in [-0.39, 0.29) is 0 Å². The smallest absolute Gasteiger partial charge is 0.0599 e. The number of nitrogens with zero attached hydrogens (tertiary/aromatic N) is 1. The fourth-order valence-corrected chi connectivity index (χ4v) is 3.68. The van der Waals surface area contributed by atoms with Gasteiger partial charge in [0.15, 0.2) is 0 Å². The largest absolute Gasteiger partial charge is 0.378 e. The number of piperidine rings is 1. The third kappa shape index (κ3) is 4.78. The molecule has 100 valence electrons. The Bertz CT molecular complexity index is 202. The number of likely N-dealkylation sites (tertiary alicyclic amines) is 1. The average Bonchev–Trinajstić information content (AvgIpc) is 2.40. The molecule has 2 heterocycles. The van der Waals surface area contributed by atoms with Gasteiger partial charge >= 0.3 is 0 Å². The summed E-state index contributed by atoms with van der Waals surface area (Å²) < 4.78 is 5.68. The SMILES string of the molecule is CCOC1CCN(CCC2CSCCN2)CC1. The normalized spacial score (nSPS) is 28.4. The molecule has 2 rings (SSSR count). The highest BCUT2D eigenvalue weighted by molar-refractivity contribution is 7.99. The molecule has 0 bridgehead atoms. The molecule has 1 unspecified atom stereocenters. The summed E-state index contributed by atoms with van der Waals surface area (Å²) in [5.41, 5.74) is 0. The van der Waals surface area contributed by atoms with Crippen LogP contribution in [0.2, 0.25) is 0 Å². The maximum atomic E-state index is 5.68. The molecule has 0 amide bonds. The van der Waals surface area contributed by atoms with E-state index in [1.54, 1.807) is 0 Å². The molecule has 2 saturated heterocycles. The second-order valence-electron chi connectivity index (χ2n) is 5.01. The maximum absolute atomic E-state index is 5.68. The summed E-state index contributed by atoms with van der Waals surface area (Å²) in [5.74, 6) is 2.59. The van der Waals surface area contributed by atoms with Gasteiger partial charge in [0.1, 0.15) is 0 Å². The molecule has 1 N–H and O–H groups in total. The standard InChI is InChI=1S/C13H26N2OS/c1-2-16-13-4-8-15(9-5-13)7-3-12-11-17-10-6-14-12/h12-14H,2-11H2,1H3. The van der Waals surface area contributed by atoms with Gasteiger partial charge in [0.2, 0.25) is 0 Å². The van der Waals surface area contributed by atoms with Crippen molar-refractivity contribution in [2.75, 3.05) is 44.3 Å². The van der Waals surface area contributed by atoms with E-state index in [1.165, 1.54) is 56.9 Å². The van der Waals surface area contributed by atoms with Crippen LogP contribution in [0.4, 0.5) is 0 Å². The number of hydrogen-bond acceptors (Lipinski definition) is 4. The van der Waals surface area contributed by atoms with Crippen LogP contribution in [-0.2, 0) is 4.74 Å². The summed E-state index contributed by atoms with van der Waals surface area (Å²) in [6, 6.07) is 0.748. The molecule has 0 spiro atoms. The first-order valence-electron chi connectivity index (χ1n) is 7.03. The van der Waals surface area contributed by atoms with Gasteiger partial charge in [-0.05, 0) is 32.7 Å². The van der Waals surface area contributed by atoms with Gasteiger partial charge in [-0.3, -0.25) is 0 Å². The lowest BCUT2D eigenvalue weighted by Gasteiger charge is -2.33. The summed E-state index contributed by atoms with van der Waals surface area (Å²) in [4.78, 5) is 2.61. The molecule has 2 aliphatic rings. The van der Waals surface area contributed by atoms with Crippen molar-refractivity contribution in [3.63, 3.8) is 0 Å². The predicted molar refractivity (Wildman–Crippen MR) is 74.8 cm³/mol. The van der Waals surface area contributed by atoms with Crippen molar-refractivity contribution >= 4 is 11.8 Å². The topological polar surface area (TPSA) is 24.5 Å². The van der Waals surface area contributed by atoms with Crippen LogP contribution in [0.25, 0.3) is 0 Å². The van der Waals surface area contributed by atoms with Crippen molar-refractivity contribution in [1.82, 2.24) is 10.2 Å². The van der Waals surface area contributed by atoms with E-state index in [2.05, 4.69) is 28.9 Å². The van der Waals surface area contributed by atoms with Crippen LogP contribution in [-0.4, -0.2) is 61.3 Å². The van der Waals surface area contributed by atoms with E-state index in [0.29, 0.717) is 6.10 Å². The number of nitrogens with one attached hydrogen (secondary N) is 1. The predicted octanol–water partition coefficient (Wildman–Crippen LogP) is 1.58. The quantitative estimate of drug-likeness (QED) is 0.809. The molecule has 1 atom stereocenters. The summed E-state index contributed by atoms with van der Waals surface area (Å²) in [5, 5.41) is 3.62. The highest BCUT2D eigenvalue weighted by Crippen LogP contribution is 2.15. The second kappa shape index (κ2) is 7.62. The molecule has 0 saturated carbocycles. The lowest BCUT2D eigenvalue weighted by atomic mass is 10.1. The highest BCUT2D eigenvalue weighted by Gasteiger charge is 2.20. The van der Waals surface area contributed by atoms with Crippen LogP contribution < -0.4 is 5.32 Å². The molecule has 0 aromatic carbocycles. The fourth-order valence-electron chi connectivity index (χ4n) is 2.68. The number of thioether (sulfide) groups is 1. The Balaban J connectivity index is 1.57. The van der Waals surface area contributed by atoms with Gasteiger partial charge < -0.3 is 15.0 Å². The van der Waals surface area contributed by atoms with Gasteiger partial charge in [-0.1, -0.05) is 0 Å². The van der Waals surface area contributed by atoms with E-state index < -0.39 is 0 Å². The zero-order valence-corrected chi connectivity index (χ0v) is 11.8. The third-order valence-corrected chi connectivity index (χ3v) is 4.86. The zero-order chi connectivity index (χ0) is 11.9. The van der Waals surface area contributed by atoms with Gasteiger partial charge in [-0.15, -0.1) is 0 Å². The highest BCUT2D eigenvalue weighted by atomic mass is 32.2. The van der Waals surface area contributed by atoms with E-state index in [9.17, 15) is 0 Å². The Morgan fingerprint density at radius 3 is 2.82 bits per heavy atom. The molecule has 0 aromatic rings. The van der Waals surface area contributed by atoms with E-state index in [0.717, 1.165) is 12.6 Å². The third-order valence-electron chi connectivity index (χ3n) is 3.73. The Labute approximate surface area is 110 Å². The van der Waals surface area contributed by atoms with Gasteiger partial charge in [-0.25, -0.2) is 0 Å². The van der Waals surface area contributed by atoms with Gasteiger partial charge in [-0.2, -0.15) is 11.8 Å². The number of hydrogen-bond donors (Lipinski definition) is 1. The van der Waals surface area contributed by atoms with Gasteiger partial charge in [0.25, 0.3) is 0 Å². The van der Waals surface area contributed by atoms with E-state index >= 15 is 0 Å². The molecule has 17 heavy (non-hydrogen) atoms. The lowest BCUT2D eigenvalue weighted by molar-refractivity contribution is 0.0137. The summed E-state index contributed by atoms with van der Waals surface area (Å²) in [6.45, 7) is 7.88. The first-order valence-corrected chi connectivity index (χ1v) is 8.19. The fraction of sp³-hybridized carbons (Fsp3) is 1.00. The molecule has 0 aromatic heterocycles. The molecular weight excluding hydrogens is 232 g/mol. The summed E-state index contributed by atoms with van der Waals surface area (Å²) >= 11 is 2.10. The molecule has 3 nitrogen and oxygen atoms in total. The summed E-state index contributed by atoms with van der Waals surface area (Å²) in [7, 11) is 0. The molecule has 2 fully saturated rings. The molecule has 2 aliphatic heterocycles. The van der Waals surface area contributed by atoms with Gasteiger partial charge in [0, 0.05) is 43.8 Å². The van der Waals surface area contributed by atoms with Crippen LogP contribution in [0.1, 0.15) is 26.2 Å². The van der Waals surface area contributed by atoms with Crippen molar-refractivity contribution in [2.45, 2.75) is 38.3 Å². The van der Waals surface area contributed by atoms with Crippen LogP contribution >= 0.6 is 11.8 Å². The van der Waals surface area contributed by atoms with Crippen molar-refractivity contribution in [3.05, 3.63) is 0 Å². The monoisotopic (exact) mass is 258 g/mol. The number of rotatable bonds is 5. The first kappa shape index (κ1) is 13.7. The minimum absolute atomic E-state index is 0.527. The molecule has 4 heteroatoms. The van der Waals surface area contributed by atoms with Crippen LogP contribution in [0.15, 0.2) is 0 Å². The van der Waals surface area contributed by atoms with Crippen LogP contribution in [0.5, 0.6) is 0 Å². The van der Waals surface area contributed by atoms with E-state index in [1.807, 2.05) is 0 Å². The van der Waals surface area contributed by atoms with Gasteiger partial charge in [0.05, 0.1) is 6.10 Å².